The standard InChI is InChI=1S/C28H24FN3O2S/c1-21(33)32(26-15-9-8-14-25(26)29)28-30-24(20-35-28)16-17-27(34)31(18-22-10-4-2-5-11-22)19-23-12-6-3-7-13-23/h2-17,20H,18-19H2,1H3/b17-16+. The van der Waals surface area contributed by atoms with Crippen LogP contribution in [0.25, 0.3) is 6.08 Å². The molecule has 0 radical (unpaired) electrons. The molecule has 0 unspecified atom stereocenters. The first-order valence-electron chi connectivity index (χ1n) is 11.1. The van der Waals surface area contributed by atoms with Crippen molar-refractivity contribution in [1.82, 2.24) is 9.88 Å². The highest BCUT2D eigenvalue weighted by atomic mass is 32.1. The van der Waals surface area contributed by atoms with Crippen LogP contribution in [0.2, 0.25) is 0 Å². The predicted octanol–water partition coefficient (Wildman–Crippen LogP) is 6.21. The first-order chi connectivity index (χ1) is 17.0. The molecule has 4 aromatic rings. The molecule has 0 N–H and O–H groups in total. The van der Waals surface area contributed by atoms with Crippen LogP contribution in [0.4, 0.5) is 15.2 Å². The molecule has 7 heteroatoms. The monoisotopic (exact) mass is 485 g/mol. The number of hydrogen-bond donors (Lipinski definition) is 0. The molecule has 0 aliphatic rings. The summed E-state index contributed by atoms with van der Waals surface area (Å²) < 4.78 is 14.3. The fourth-order valence-electron chi connectivity index (χ4n) is 3.58. The van der Waals surface area contributed by atoms with Gasteiger partial charge in [-0.05, 0) is 29.3 Å². The van der Waals surface area contributed by atoms with Gasteiger partial charge in [-0.2, -0.15) is 0 Å². The van der Waals surface area contributed by atoms with E-state index in [4.69, 9.17) is 0 Å². The minimum Gasteiger partial charge on any atom is -0.331 e. The number of nitrogens with zero attached hydrogens (tertiary/aromatic N) is 3. The van der Waals surface area contributed by atoms with Crippen LogP contribution < -0.4 is 4.90 Å². The number of rotatable bonds is 8. The lowest BCUT2D eigenvalue weighted by Crippen LogP contribution is -2.28. The van der Waals surface area contributed by atoms with Crippen LogP contribution in [-0.4, -0.2) is 21.7 Å². The Morgan fingerprint density at radius 3 is 2.03 bits per heavy atom. The van der Waals surface area contributed by atoms with Crippen LogP contribution >= 0.6 is 11.3 Å². The Bertz CT molecular complexity index is 1280. The number of halogens is 1. The molecule has 0 spiro atoms. The van der Waals surface area contributed by atoms with Crippen molar-refractivity contribution in [2.45, 2.75) is 20.0 Å². The second-order valence-corrected chi connectivity index (χ2v) is 8.70. The van der Waals surface area contributed by atoms with Crippen LogP contribution in [0.3, 0.4) is 0 Å². The van der Waals surface area contributed by atoms with Crippen LogP contribution in [0.1, 0.15) is 23.7 Å². The fourth-order valence-corrected chi connectivity index (χ4v) is 4.43. The first-order valence-corrected chi connectivity index (χ1v) is 11.9. The number of para-hydroxylation sites is 1. The summed E-state index contributed by atoms with van der Waals surface area (Å²) in [7, 11) is 0. The van der Waals surface area contributed by atoms with E-state index in [1.165, 1.54) is 41.4 Å². The zero-order valence-electron chi connectivity index (χ0n) is 19.2. The van der Waals surface area contributed by atoms with Crippen molar-refractivity contribution in [3.8, 4) is 0 Å². The van der Waals surface area contributed by atoms with E-state index < -0.39 is 5.82 Å². The summed E-state index contributed by atoms with van der Waals surface area (Å²) in [6, 6.07) is 25.7. The average molecular weight is 486 g/mol. The minimum absolute atomic E-state index is 0.137. The van der Waals surface area contributed by atoms with E-state index in [0.29, 0.717) is 23.9 Å². The second kappa shape index (κ2) is 11.4. The number of carbonyl (C=O) groups excluding carboxylic acids is 2. The molecule has 4 rings (SSSR count). The molecule has 0 bridgehead atoms. The van der Waals surface area contributed by atoms with Gasteiger partial charge in [-0.15, -0.1) is 11.3 Å². The zero-order valence-corrected chi connectivity index (χ0v) is 20.0. The third-order valence-electron chi connectivity index (χ3n) is 5.25. The van der Waals surface area contributed by atoms with E-state index in [1.54, 1.807) is 28.5 Å². The van der Waals surface area contributed by atoms with E-state index in [1.807, 2.05) is 60.7 Å². The molecular formula is C28H24FN3O2S. The van der Waals surface area contributed by atoms with Crippen LogP contribution in [0.5, 0.6) is 0 Å². The number of carbonyl (C=O) groups is 2. The average Bonchev–Trinajstić information content (AvgIpc) is 3.33. The number of benzene rings is 3. The molecule has 5 nitrogen and oxygen atoms in total. The van der Waals surface area contributed by atoms with Gasteiger partial charge in [0.1, 0.15) is 5.82 Å². The van der Waals surface area contributed by atoms with Crippen molar-refractivity contribution in [2.75, 3.05) is 4.90 Å². The van der Waals surface area contributed by atoms with Crippen LogP contribution in [0.15, 0.2) is 96.4 Å². The molecule has 176 valence electrons. The Morgan fingerprint density at radius 1 is 0.886 bits per heavy atom. The highest BCUT2D eigenvalue weighted by Crippen LogP contribution is 2.31. The van der Waals surface area contributed by atoms with Crippen LogP contribution in [-0.2, 0) is 22.7 Å². The number of amides is 2. The quantitative estimate of drug-likeness (QED) is 0.279. The van der Waals surface area contributed by atoms with Gasteiger partial charge in [0.25, 0.3) is 0 Å². The second-order valence-electron chi connectivity index (χ2n) is 7.86. The number of anilines is 2. The summed E-state index contributed by atoms with van der Waals surface area (Å²) >= 11 is 1.21. The summed E-state index contributed by atoms with van der Waals surface area (Å²) in [5.74, 6) is -1.03. The van der Waals surface area contributed by atoms with Crippen molar-refractivity contribution < 1.29 is 14.0 Å². The molecular weight excluding hydrogens is 461 g/mol. The third-order valence-corrected chi connectivity index (χ3v) is 6.09. The summed E-state index contributed by atoms with van der Waals surface area (Å²) in [4.78, 5) is 32.8. The maximum atomic E-state index is 14.3. The lowest BCUT2D eigenvalue weighted by Gasteiger charge is -2.21. The molecule has 3 aromatic carbocycles. The van der Waals surface area contributed by atoms with Crippen molar-refractivity contribution >= 4 is 40.0 Å². The fraction of sp³-hybridized carbons (Fsp3) is 0.107. The normalized spacial score (nSPS) is 10.9. The van der Waals surface area contributed by atoms with E-state index in [9.17, 15) is 14.0 Å². The SMILES string of the molecule is CC(=O)N(c1nc(/C=C/C(=O)N(Cc2ccccc2)Cc2ccccc2)cs1)c1ccccc1F. The summed E-state index contributed by atoms with van der Waals surface area (Å²) in [6.45, 7) is 2.29. The van der Waals surface area contributed by atoms with Gasteiger partial charge in [-0.25, -0.2) is 9.37 Å². The summed E-state index contributed by atoms with van der Waals surface area (Å²) in [6.07, 6.45) is 3.09. The number of hydrogen-bond acceptors (Lipinski definition) is 4. The Hall–Kier alpha value is -4.10. The van der Waals surface area contributed by atoms with Gasteiger partial charge in [0, 0.05) is 31.5 Å². The Labute approximate surface area is 207 Å². The minimum atomic E-state index is -0.511. The molecule has 0 saturated heterocycles. The van der Waals surface area contributed by atoms with Crippen molar-refractivity contribution in [3.05, 3.63) is 119 Å². The Morgan fingerprint density at radius 2 is 1.46 bits per heavy atom. The van der Waals surface area contributed by atoms with Crippen molar-refractivity contribution in [3.63, 3.8) is 0 Å². The zero-order chi connectivity index (χ0) is 24.6. The van der Waals surface area contributed by atoms with E-state index in [0.717, 1.165) is 11.1 Å². The van der Waals surface area contributed by atoms with E-state index in [2.05, 4.69) is 4.98 Å². The van der Waals surface area contributed by atoms with E-state index in [-0.39, 0.29) is 17.5 Å². The van der Waals surface area contributed by atoms with Gasteiger partial charge in [0.2, 0.25) is 11.8 Å². The lowest BCUT2D eigenvalue weighted by molar-refractivity contribution is -0.127. The highest BCUT2D eigenvalue weighted by molar-refractivity contribution is 7.14. The van der Waals surface area contributed by atoms with Gasteiger partial charge < -0.3 is 4.90 Å². The first kappa shape index (κ1) is 24.0. The molecule has 0 atom stereocenters. The van der Waals surface area contributed by atoms with Gasteiger partial charge in [-0.1, -0.05) is 72.8 Å². The number of thiazole rings is 1. The van der Waals surface area contributed by atoms with E-state index >= 15 is 0 Å². The molecule has 0 fully saturated rings. The molecule has 35 heavy (non-hydrogen) atoms. The largest absolute Gasteiger partial charge is 0.331 e. The maximum absolute atomic E-state index is 14.3. The molecule has 0 aliphatic carbocycles. The Balaban J connectivity index is 1.53. The highest BCUT2D eigenvalue weighted by Gasteiger charge is 2.20. The Kier molecular flexibility index (Phi) is 7.80. The van der Waals surface area contributed by atoms with Gasteiger partial charge in [0.05, 0.1) is 11.4 Å². The molecule has 1 heterocycles. The maximum Gasteiger partial charge on any atom is 0.247 e. The van der Waals surface area contributed by atoms with Crippen LogP contribution in [0, 0.1) is 5.82 Å². The smallest absolute Gasteiger partial charge is 0.247 e. The molecule has 0 saturated carbocycles. The third kappa shape index (κ3) is 6.28. The number of aromatic nitrogens is 1. The molecule has 2 amide bonds. The molecule has 0 aliphatic heterocycles. The van der Waals surface area contributed by atoms with Gasteiger partial charge in [-0.3, -0.25) is 14.5 Å². The van der Waals surface area contributed by atoms with Gasteiger partial charge >= 0.3 is 0 Å². The predicted molar refractivity (Wildman–Crippen MR) is 138 cm³/mol. The summed E-state index contributed by atoms with van der Waals surface area (Å²) in [5.41, 5.74) is 2.71. The topological polar surface area (TPSA) is 53.5 Å². The molecule has 1 aromatic heterocycles. The van der Waals surface area contributed by atoms with Crippen molar-refractivity contribution in [2.24, 2.45) is 0 Å². The van der Waals surface area contributed by atoms with Gasteiger partial charge in [0.15, 0.2) is 5.13 Å². The summed E-state index contributed by atoms with van der Waals surface area (Å²) in [5, 5.41) is 2.06. The van der Waals surface area contributed by atoms with Crippen molar-refractivity contribution in [1.29, 1.82) is 0 Å². The lowest BCUT2D eigenvalue weighted by atomic mass is 10.1.